The maximum atomic E-state index is 6.00. The van der Waals surface area contributed by atoms with Gasteiger partial charge in [0, 0.05) is 12.2 Å². The quantitative estimate of drug-likeness (QED) is 0.798. The largest absolute Gasteiger partial charge is 0.381 e. The van der Waals surface area contributed by atoms with Crippen LogP contribution in [0.5, 0.6) is 0 Å². The molecule has 5 nitrogen and oxygen atoms in total. The van der Waals surface area contributed by atoms with Crippen molar-refractivity contribution in [2.24, 2.45) is 0 Å². The molecule has 0 amide bonds. The minimum atomic E-state index is 0.554. The Morgan fingerprint density at radius 3 is 2.71 bits per heavy atom. The highest BCUT2D eigenvalue weighted by molar-refractivity contribution is 6.42. The van der Waals surface area contributed by atoms with Crippen molar-refractivity contribution < 1.29 is 0 Å². The van der Waals surface area contributed by atoms with Gasteiger partial charge in [-0.1, -0.05) is 35.3 Å². The molecule has 0 aliphatic heterocycles. The Morgan fingerprint density at radius 1 is 1.05 bits per heavy atom. The van der Waals surface area contributed by atoms with Gasteiger partial charge >= 0.3 is 0 Å². The minimum Gasteiger partial charge on any atom is -0.381 e. The Bertz CT molecular complexity index is 743. The highest BCUT2D eigenvalue weighted by Gasteiger charge is 2.02. The zero-order valence-electron chi connectivity index (χ0n) is 10.9. The molecule has 0 spiro atoms. The van der Waals surface area contributed by atoms with Crippen LogP contribution in [0.15, 0.2) is 48.8 Å². The van der Waals surface area contributed by atoms with Crippen LogP contribution in [0.2, 0.25) is 10.0 Å². The van der Waals surface area contributed by atoms with E-state index >= 15 is 0 Å². The van der Waals surface area contributed by atoms with E-state index in [1.807, 2.05) is 36.4 Å². The van der Waals surface area contributed by atoms with Gasteiger partial charge in [-0.3, -0.25) is 0 Å². The molecule has 3 rings (SSSR count). The van der Waals surface area contributed by atoms with Gasteiger partial charge in [0.15, 0.2) is 0 Å². The Kier molecular flexibility index (Phi) is 4.03. The van der Waals surface area contributed by atoms with Gasteiger partial charge in [0.05, 0.1) is 15.7 Å². The molecule has 7 heteroatoms. The molecule has 1 heterocycles. The summed E-state index contributed by atoms with van der Waals surface area (Å²) in [6.45, 7) is 0.649. The first-order valence-corrected chi connectivity index (χ1v) is 6.99. The number of hydrogen-bond donors (Lipinski definition) is 1. The normalized spacial score (nSPS) is 10.6. The first-order valence-electron chi connectivity index (χ1n) is 6.23. The van der Waals surface area contributed by atoms with Crippen LogP contribution in [0.1, 0.15) is 5.56 Å². The molecule has 0 radical (unpaired) electrons. The lowest BCUT2D eigenvalue weighted by atomic mass is 10.2. The lowest BCUT2D eigenvalue weighted by Gasteiger charge is -2.09. The van der Waals surface area contributed by atoms with Gasteiger partial charge in [-0.15, -0.1) is 5.10 Å². The van der Waals surface area contributed by atoms with Crippen LogP contribution in [-0.4, -0.2) is 20.2 Å². The zero-order valence-corrected chi connectivity index (χ0v) is 12.4. The van der Waals surface area contributed by atoms with E-state index in [1.165, 1.54) is 0 Å². The molecule has 0 aliphatic carbocycles. The Hall–Kier alpha value is -2.11. The van der Waals surface area contributed by atoms with Gasteiger partial charge in [0.2, 0.25) is 0 Å². The zero-order chi connectivity index (χ0) is 14.7. The number of rotatable bonds is 4. The summed E-state index contributed by atoms with van der Waals surface area (Å²) in [4.78, 5) is 0. The van der Waals surface area contributed by atoms with Gasteiger partial charge in [0.25, 0.3) is 0 Å². The van der Waals surface area contributed by atoms with E-state index in [1.54, 1.807) is 17.1 Å². The number of tetrazole rings is 1. The predicted molar refractivity (Wildman–Crippen MR) is 82.9 cm³/mol. The maximum absolute atomic E-state index is 6.00. The molecule has 106 valence electrons. The average Bonchev–Trinajstić information content (AvgIpc) is 3.03. The van der Waals surface area contributed by atoms with E-state index in [2.05, 4.69) is 20.8 Å². The summed E-state index contributed by atoms with van der Waals surface area (Å²) in [6.07, 6.45) is 1.55. The van der Waals surface area contributed by atoms with Crippen molar-refractivity contribution in [1.82, 2.24) is 20.2 Å². The Morgan fingerprint density at radius 2 is 1.95 bits per heavy atom. The first-order chi connectivity index (χ1) is 10.2. The summed E-state index contributed by atoms with van der Waals surface area (Å²) in [5.74, 6) is 0. The Labute approximate surface area is 131 Å². The molecule has 0 bridgehead atoms. The SMILES string of the molecule is Clc1ccc(CNc2cccc(-n3cnnn3)c2)cc1Cl. The van der Waals surface area contributed by atoms with Crippen LogP contribution >= 0.6 is 23.2 Å². The van der Waals surface area contributed by atoms with Crippen LogP contribution in [0.4, 0.5) is 5.69 Å². The molecule has 3 aromatic rings. The van der Waals surface area contributed by atoms with E-state index in [9.17, 15) is 0 Å². The Balaban J connectivity index is 1.73. The van der Waals surface area contributed by atoms with Gasteiger partial charge in [-0.25, -0.2) is 4.68 Å². The molecule has 1 N–H and O–H groups in total. The molecule has 0 atom stereocenters. The molecule has 0 fully saturated rings. The second kappa shape index (κ2) is 6.11. The van der Waals surface area contributed by atoms with Gasteiger partial charge in [0.1, 0.15) is 6.33 Å². The average molecular weight is 320 g/mol. The third-order valence-electron chi connectivity index (χ3n) is 2.94. The van der Waals surface area contributed by atoms with E-state index in [0.717, 1.165) is 16.9 Å². The third kappa shape index (κ3) is 3.32. The molecule has 21 heavy (non-hydrogen) atoms. The minimum absolute atomic E-state index is 0.554. The number of aromatic nitrogens is 4. The van der Waals surface area contributed by atoms with Crippen LogP contribution in [-0.2, 0) is 6.54 Å². The molecule has 0 saturated heterocycles. The lowest BCUT2D eigenvalue weighted by molar-refractivity contribution is 0.789. The molecular formula is C14H11Cl2N5. The monoisotopic (exact) mass is 319 g/mol. The lowest BCUT2D eigenvalue weighted by Crippen LogP contribution is -2.01. The fourth-order valence-corrected chi connectivity index (χ4v) is 2.21. The van der Waals surface area contributed by atoms with Crippen LogP contribution in [0.25, 0.3) is 5.69 Å². The fraction of sp³-hybridized carbons (Fsp3) is 0.0714. The van der Waals surface area contributed by atoms with E-state index in [0.29, 0.717) is 16.6 Å². The second-order valence-corrected chi connectivity index (χ2v) is 5.22. The number of halogens is 2. The third-order valence-corrected chi connectivity index (χ3v) is 3.68. The van der Waals surface area contributed by atoms with Crippen LogP contribution in [0, 0.1) is 0 Å². The summed E-state index contributed by atoms with van der Waals surface area (Å²) in [6, 6.07) is 13.4. The highest BCUT2D eigenvalue weighted by Crippen LogP contribution is 2.23. The van der Waals surface area contributed by atoms with Gasteiger partial charge < -0.3 is 5.32 Å². The van der Waals surface area contributed by atoms with Gasteiger partial charge in [-0.05, 0) is 46.3 Å². The van der Waals surface area contributed by atoms with Gasteiger partial charge in [-0.2, -0.15) is 0 Å². The maximum Gasteiger partial charge on any atom is 0.143 e. The van der Waals surface area contributed by atoms with E-state index in [-0.39, 0.29) is 0 Å². The van der Waals surface area contributed by atoms with Crippen LogP contribution < -0.4 is 5.32 Å². The smallest absolute Gasteiger partial charge is 0.143 e. The number of hydrogen-bond acceptors (Lipinski definition) is 4. The summed E-state index contributed by atoms with van der Waals surface area (Å²) >= 11 is 11.9. The van der Waals surface area contributed by atoms with Crippen molar-refractivity contribution in [2.75, 3.05) is 5.32 Å². The molecule has 0 saturated carbocycles. The van der Waals surface area contributed by atoms with Crippen LogP contribution in [0.3, 0.4) is 0 Å². The molecular weight excluding hydrogens is 309 g/mol. The summed E-state index contributed by atoms with van der Waals surface area (Å²) in [5, 5.41) is 15.5. The van der Waals surface area contributed by atoms with Crippen molar-refractivity contribution in [2.45, 2.75) is 6.54 Å². The second-order valence-electron chi connectivity index (χ2n) is 4.41. The number of benzene rings is 2. The summed E-state index contributed by atoms with van der Waals surface area (Å²) in [5.41, 5.74) is 2.91. The predicted octanol–water partition coefficient (Wildman–Crippen LogP) is 3.58. The van der Waals surface area contributed by atoms with E-state index in [4.69, 9.17) is 23.2 Å². The van der Waals surface area contributed by atoms with E-state index < -0.39 is 0 Å². The summed E-state index contributed by atoms with van der Waals surface area (Å²) < 4.78 is 1.60. The number of anilines is 1. The molecule has 0 aliphatic rings. The number of nitrogens with zero attached hydrogens (tertiary/aromatic N) is 4. The fourth-order valence-electron chi connectivity index (χ4n) is 1.89. The summed E-state index contributed by atoms with van der Waals surface area (Å²) in [7, 11) is 0. The number of nitrogens with one attached hydrogen (secondary N) is 1. The molecule has 2 aromatic carbocycles. The van der Waals surface area contributed by atoms with Crippen molar-refractivity contribution in [3.63, 3.8) is 0 Å². The highest BCUT2D eigenvalue weighted by atomic mass is 35.5. The van der Waals surface area contributed by atoms with Crippen molar-refractivity contribution in [1.29, 1.82) is 0 Å². The topological polar surface area (TPSA) is 55.6 Å². The van der Waals surface area contributed by atoms with Crippen molar-refractivity contribution in [3.05, 3.63) is 64.4 Å². The van der Waals surface area contributed by atoms with Crippen molar-refractivity contribution >= 4 is 28.9 Å². The molecule has 1 aromatic heterocycles. The first kappa shape index (κ1) is 13.9. The standard InChI is InChI=1S/C14H11Cl2N5/c15-13-5-4-10(6-14(13)16)8-17-11-2-1-3-12(7-11)21-9-18-19-20-21/h1-7,9,17H,8H2. The van der Waals surface area contributed by atoms with Crippen molar-refractivity contribution in [3.8, 4) is 5.69 Å². The molecule has 0 unspecified atom stereocenters.